The highest BCUT2D eigenvalue weighted by atomic mass is 16.1. The van der Waals surface area contributed by atoms with Crippen LogP contribution in [0.5, 0.6) is 0 Å². The third kappa shape index (κ3) is 8.13. The topological polar surface area (TPSA) is 68.0 Å². The largest absolute Gasteiger partial charge is 0.359 e. The van der Waals surface area contributed by atoms with E-state index in [4.69, 9.17) is 0 Å². The van der Waals surface area contributed by atoms with E-state index in [9.17, 15) is 4.79 Å². The summed E-state index contributed by atoms with van der Waals surface area (Å²) in [5.74, 6) is 2.23. The minimum Gasteiger partial charge on any atom is -0.359 e. The minimum atomic E-state index is 0.243. The van der Waals surface area contributed by atoms with Gasteiger partial charge in [-0.3, -0.25) is 9.78 Å². The van der Waals surface area contributed by atoms with Gasteiger partial charge < -0.3 is 11.1 Å². The van der Waals surface area contributed by atoms with Crippen molar-refractivity contribution in [1.29, 1.82) is 0 Å². The number of nitrogens with one attached hydrogen (secondary N) is 1. The van der Waals surface area contributed by atoms with Crippen LogP contribution in [-0.4, -0.2) is 25.0 Å². The Hall–Kier alpha value is -1.42. The Balaban J connectivity index is 0.000000457. The van der Waals surface area contributed by atoms with E-state index in [-0.39, 0.29) is 5.91 Å². The zero-order valence-corrected chi connectivity index (χ0v) is 14.6. The molecule has 1 aliphatic rings. The molecule has 4 nitrogen and oxygen atoms in total. The van der Waals surface area contributed by atoms with Crippen molar-refractivity contribution < 1.29 is 4.79 Å². The molecule has 0 bridgehead atoms. The molecule has 1 aromatic heterocycles. The molecule has 0 aliphatic heterocycles. The molecule has 1 aliphatic carbocycles. The molecule has 1 saturated carbocycles. The molecule has 4 heteroatoms. The van der Waals surface area contributed by atoms with Crippen molar-refractivity contribution in [3.05, 3.63) is 30.6 Å². The molecular weight excluding hydrogens is 274 g/mol. The molecule has 126 valence electrons. The van der Waals surface area contributed by atoms with Gasteiger partial charge in [-0.15, -0.1) is 0 Å². The average molecular weight is 307 g/mol. The first-order chi connectivity index (χ1) is 10.7. The number of hydrogen-bond acceptors (Lipinski definition) is 3. The quantitative estimate of drug-likeness (QED) is 0.900. The molecule has 1 unspecified atom stereocenters. The fourth-order valence-electron chi connectivity index (χ4n) is 2.80. The zero-order valence-electron chi connectivity index (χ0n) is 14.6. The van der Waals surface area contributed by atoms with Gasteiger partial charge in [-0.25, -0.2) is 0 Å². The summed E-state index contributed by atoms with van der Waals surface area (Å²) in [6.45, 7) is 4.60. The highest BCUT2D eigenvalue weighted by molar-refractivity contribution is 5.78. The van der Waals surface area contributed by atoms with Crippen LogP contribution in [-0.2, 0) is 4.79 Å². The number of hydrogen-bond donors (Lipinski definition) is 2. The second-order valence-electron chi connectivity index (χ2n) is 5.64. The van der Waals surface area contributed by atoms with Gasteiger partial charge in [0.15, 0.2) is 0 Å². The SMILES string of the molecule is CCC(C)C1CCC(C(=O)NC)CC1.CN.c1ccncc1. The van der Waals surface area contributed by atoms with Crippen molar-refractivity contribution in [1.82, 2.24) is 10.3 Å². The van der Waals surface area contributed by atoms with Crippen LogP contribution in [0.25, 0.3) is 0 Å². The van der Waals surface area contributed by atoms with Crippen LogP contribution in [0.3, 0.4) is 0 Å². The maximum Gasteiger partial charge on any atom is 0.222 e. The van der Waals surface area contributed by atoms with Crippen molar-refractivity contribution in [2.45, 2.75) is 46.0 Å². The average Bonchev–Trinajstić information content (AvgIpc) is 2.64. The molecule has 1 heterocycles. The van der Waals surface area contributed by atoms with Gasteiger partial charge in [-0.2, -0.15) is 0 Å². The Morgan fingerprint density at radius 1 is 1.18 bits per heavy atom. The Bertz CT molecular complexity index is 335. The van der Waals surface area contributed by atoms with Crippen molar-refractivity contribution in [2.75, 3.05) is 14.1 Å². The van der Waals surface area contributed by atoms with E-state index in [0.717, 1.165) is 24.7 Å². The fraction of sp³-hybridized carbons (Fsp3) is 0.667. The van der Waals surface area contributed by atoms with Crippen molar-refractivity contribution >= 4 is 5.91 Å². The van der Waals surface area contributed by atoms with Crippen LogP contribution in [0.15, 0.2) is 30.6 Å². The highest BCUT2D eigenvalue weighted by Gasteiger charge is 2.27. The van der Waals surface area contributed by atoms with Gasteiger partial charge in [0.1, 0.15) is 0 Å². The van der Waals surface area contributed by atoms with E-state index >= 15 is 0 Å². The van der Waals surface area contributed by atoms with Gasteiger partial charge in [0.2, 0.25) is 5.91 Å². The van der Waals surface area contributed by atoms with Gasteiger partial charge in [-0.05, 0) is 56.7 Å². The predicted molar refractivity (Wildman–Crippen MR) is 93.3 cm³/mol. The Kier molecular flexibility index (Phi) is 12.4. The molecule has 1 atom stereocenters. The number of nitrogens with two attached hydrogens (primary N) is 1. The molecule has 1 amide bonds. The maximum atomic E-state index is 11.4. The number of aromatic nitrogens is 1. The summed E-state index contributed by atoms with van der Waals surface area (Å²) >= 11 is 0. The van der Waals surface area contributed by atoms with Crippen LogP contribution in [0.4, 0.5) is 0 Å². The Morgan fingerprint density at radius 2 is 1.73 bits per heavy atom. The molecule has 0 spiro atoms. The van der Waals surface area contributed by atoms with Crippen molar-refractivity contribution in [3.63, 3.8) is 0 Å². The van der Waals surface area contributed by atoms with Crippen LogP contribution < -0.4 is 11.1 Å². The van der Waals surface area contributed by atoms with Crippen molar-refractivity contribution in [2.24, 2.45) is 23.5 Å². The summed E-state index contributed by atoms with van der Waals surface area (Å²) in [6.07, 6.45) is 9.44. The molecule has 3 N–H and O–H groups in total. The Labute approximate surface area is 135 Å². The lowest BCUT2D eigenvalue weighted by atomic mass is 9.75. The van der Waals surface area contributed by atoms with Crippen LogP contribution in [0.2, 0.25) is 0 Å². The summed E-state index contributed by atoms with van der Waals surface area (Å²) in [5.41, 5.74) is 4.50. The summed E-state index contributed by atoms with van der Waals surface area (Å²) < 4.78 is 0. The first-order valence-corrected chi connectivity index (χ1v) is 8.33. The van der Waals surface area contributed by atoms with E-state index in [1.54, 1.807) is 19.4 Å². The molecule has 1 aromatic rings. The fourth-order valence-corrected chi connectivity index (χ4v) is 2.80. The second kappa shape index (κ2) is 13.3. The molecule has 22 heavy (non-hydrogen) atoms. The summed E-state index contributed by atoms with van der Waals surface area (Å²) in [6, 6.07) is 5.72. The van der Waals surface area contributed by atoms with E-state index < -0.39 is 0 Å². The number of nitrogens with zero attached hydrogens (tertiary/aromatic N) is 1. The van der Waals surface area contributed by atoms with E-state index in [1.165, 1.54) is 26.3 Å². The standard InChI is InChI=1S/C12H23NO.C5H5N.CH5N/c1-4-9(2)10-5-7-11(8-6-10)12(14)13-3;1-2-4-6-5-3-1;1-2/h9-11H,4-8H2,1-3H3,(H,13,14);1-5H;2H2,1H3. The van der Waals surface area contributed by atoms with E-state index in [2.05, 4.69) is 29.9 Å². The van der Waals surface area contributed by atoms with Gasteiger partial charge in [0, 0.05) is 25.4 Å². The van der Waals surface area contributed by atoms with E-state index in [1.807, 2.05) is 18.2 Å². The number of amides is 1. The van der Waals surface area contributed by atoms with Crippen LogP contribution in [0, 0.1) is 17.8 Å². The number of carbonyl (C=O) groups is 1. The lowest BCUT2D eigenvalue weighted by Crippen LogP contribution is -2.31. The summed E-state index contributed by atoms with van der Waals surface area (Å²) in [7, 11) is 3.24. The number of pyridine rings is 1. The van der Waals surface area contributed by atoms with Gasteiger partial charge in [-0.1, -0.05) is 26.3 Å². The monoisotopic (exact) mass is 307 g/mol. The van der Waals surface area contributed by atoms with E-state index in [0.29, 0.717) is 5.92 Å². The number of carbonyl (C=O) groups excluding carboxylic acids is 1. The predicted octanol–water partition coefficient (Wildman–Crippen LogP) is 3.24. The van der Waals surface area contributed by atoms with Crippen molar-refractivity contribution in [3.8, 4) is 0 Å². The maximum absolute atomic E-state index is 11.4. The first kappa shape index (κ1) is 20.6. The molecule has 0 radical (unpaired) electrons. The Morgan fingerprint density at radius 3 is 2.05 bits per heavy atom. The summed E-state index contributed by atoms with van der Waals surface area (Å²) in [5, 5.41) is 2.75. The lowest BCUT2D eigenvalue weighted by Gasteiger charge is -2.30. The zero-order chi connectivity index (χ0) is 16.8. The molecule has 0 aromatic carbocycles. The number of rotatable bonds is 3. The third-order valence-electron chi connectivity index (χ3n) is 4.40. The molecule has 2 rings (SSSR count). The normalized spacial score (nSPS) is 21.3. The lowest BCUT2D eigenvalue weighted by molar-refractivity contribution is -0.125. The second-order valence-corrected chi connectivity index (χ2v) is 5.64. The molecule has 0 saturated heterocycles. The smallest absolute Gasteiger partial charge is 0.222 e. The van der Waals surface area contributed by atoms with Crippen LogP contribution >= 0.6 is 0 Å². The minimum absolute atomic E-state index is 0.243. The molecule has 1 fully saturated rings. The first-order valence-electron chi connectivity index (χ1n) is 8.33. The highest BCUT2D eigenvalue weighted by Crippen LogP contribution is 2.34. The van der Waals surface area contributed by atoms with Gasteiger partial charge >= 0.3 is 0 Å². The van der Waals surface area contributed by atoms with Crippen LogP contribution in [0.1, 0.15) is 46.0 Å². The van der Waals surface area contributed by atoms with Gasteiger partial charge in [0.25, 0.3) is 0 Å². The molecular formula is C18H33N3O. The summed E-state index contributed by atoms with van der Waals surface area (Å²) in [4.78, 5) is 15.2. The third-order valence-corrected chi connectivity index (χ3v) is 4.40. The van der Waals surface area contributed by atoms with Gasteiger partial charge in [0.05, 0.1) is 0 Å².